The van der Waals surface area contributed by atoms with Crippen LogP contribution in [0.15, 0.2) is 36.7 Å². The molecule has 2 saturated heterocycles. The van der Waals surface area contributed by atoms with E-state index < -0.39 is 49.9 Å². The van der Waals surface area contributed by atoms with Crippen molar-refractivity contribution in [1.29, 1.82) is 5.26 Å². The Bertz CT molecular complexity index is 1770. The summed E-state index contributed by atoms with van der Waals surface area (Å²) in [4.78, 5) is 14.8. The van der Waals surface area contributed by atoms with Crippen LogP contribution in [0.4, 0.5) is 10.2 Å². The van der Waals surface area contributed by atoms with E-state index in [1.807, 2.05) is 12.1 Å². The lowest BCUT2D eigenvalue weighted by atomic mass is 10.0. The number of phosphoric acid groups is 1. The number of nitrogens with two attached hydrogens (primary N) is 1. The van der Waals surface area contributed by atoms with Gasteiger partial charge in [-0.15, -0.1) is 0 Å². The van der Waals surface area contributed by atoms with Crippen LogP contribution in [0, 0.1) is 17.1 Å². The highest BCUT2D eigenvalue weighted by Crippen LogP contribution is 2.48. The summed E-state index contributed by atoms with van der Waals surface area (Å²) in [6, 6.07) is 9.45. The molecule has 14 nitrogen and oxygen atoms in total. The Balaban J connectivity index is 1.07. The third-order valence-electron chi connectivity index (χ3n) is 10.3. The van der Waals surface area contributed by atoms with Gasteiger partial charge in [0.1, 0.15) is 48.2 Å². The van der Waals surface area contributed by atoms with Gasteiger partial charge in [0.05, 0.1) is 43.8 Å². The number of halogens is 1. The van der Waals surface area contributed by atoms with Crippen molar-refractivity contribution in [2.45, 2.75) is 154 Å². The van der Waals surface area contributed by atoms with Gasteiger partial charge in [-0.25, -0.2) is 18.5 Å². The van der Waals surface area contributed by atoms with E-state index in [1.165, 1.54) is 89.1 Å². The van der Waals surface area contributed by atoms with E-state index in [4.69, 9.17) is 38.5 Å². The van der Waals surface area contributed by atoms with Crippen LogP contribution >= 0.6 is 7.82 Å². The first-order chi connectivity index (χ1) is 27.5. The molecular formula is C41H61FN5O9P. The van der Waals surface area contributed by atoms with E-state index in [2.05, 4.69) is 17.0 Å². The lowest BCUT2D eigenvalue weighted by Crippen LogP contribution is -2.33. The van der Waals surface area contributed by atoms with Gasteiger partial charge in [0.15, 0.2) is 11.6 Å². The largest absolute Gasteiger partial charge is 0.472 e. The molecule has 0 amide bonds. The first kappa shape index (κ1) is 45.1. The monoisotopic (exact) mass is 817 g/mol. The summed E-state index contributed by atoms with van der Waals surface area (Å²) < 4.78 is 70.3. The molecule has 3 aromatic rings. The molecule has 1 aromatic carbocycles. The number of phosphoric ester groups is 1. The van der Waals surface area contributed by atoms with Crippen LogP contribution in [0.3, 0.4) is 0 Å². The maximum atomic E-state index is 14.1. The Labute approximate surface area is 336 Å². The standard InChI is InChI=1S/C41H61FN5O9P/c1-4-5-6-7-8-9-10-11-12-13-14-15-16-17-20-50-26-33(51-25-31-21-30(24-43)22-32(42)23-31)27-52-57(48,49)53-28-36-38-39(56-41(2,3)55-38)37(54-36)34-18-19-35-40(44)45-29-46-47(34)35/h18-19,21-23,29,33,36-39H,4-17,20,25-28H2,1-3H3,(H,48,49)(H2,44,45,46)/t33-,36+,37-,38+,39-/m0/s1. The number of nitrogen functional groups attached to an aromatic ring is 1. The third kappa shape index (κ3) is 14.0. The molecule has 0 aliphatic carbocycles. The highest BCUT2D eigenvalue weighted by Gasteiger charge is 2.56. The van der Waals surface area contributed by atoms with Crippen molar-refractivity contribution < 1.29 is 46.6 Å². The van der Waals surface area contributed by atoms with Crippen molar-refractivity contribution in [3.05, 3.63) is 59.3 Å². The Morgan fingerprint density at radius 2 is 1.63 bits per heavy atom. The van der Waals surface area contributed by atoms with Crippen molar-refractivity contribution in [2.24, 2.45) is 0 Å². The molecule has 16 heteroatoms. The quantitative estimate of drug-likeness (QED) is 0.0552. The SMILES string of the molecule is CCCCCCCCCCCCCCCCOC[C@@H](COP(=O)(O)OC[C@H]1O[C@@H](c2ccc3c(N)ncnn23)[C@@H]2OC(C)(C)O[C@@H]21)OCc1cc(F)cc(C#N)c1. The highest BCUT2D eigenvalue weighted by molar-refractivity contribution is 7.47. The van der Waals surface area contributed by atoms with E-state index in [0.717, 1.165) is 25.3 Å². The van der Waals surface area contributed by atoms with E-state index >= 15 is 0 Å². The lowest BCUT2D eigenvalue weighted by Gasteiger charge is -2.25. The number of hydrogen-bond donors (Lipinski definition) is 2. The van der Waals surface area contributed by atoms with Crippen molar-refractivity contribution in [3.63, 3.8) is 0 Å². The number of rotatable bonds is 27. The van der Waals surface area contributed by atoms with Crippen LogP contribution in [0.25, 0.3) is 5.52 Å². The Hall–Kier alpha value is -3.03. The smallest absolute Gasteiger partial charge is 0.382 e. The summed E-state index contributed by atoms with van der Waals surface area (Å²) >= 11 is 0. The molecular weight excluding hydrogens is 756 g/mol. The minimum absolute atomic E-state index is 0.0651. The number of hydrogen-bond acceptors (Lipinski definition) is 12. The number of nitrogens with zero attached hydrogens (tertiary/aromatic N) is 4. The molecule has 0 radical (unpaired) electrons. The number of ether oxygens (including phenoxy) is 5. The van der Waals surface area contributed by atoms with E-state index in [1.54, 1.807) is 24.4 Å². The highest BCUT2D eigenvalue weighted by atomic mass is 31.2. The zero-order valence-corrected chi connectivity index (χ0v) is 34.6. The topological polar surface area (TPSA) is 182 Å². The molecule has 2 aromatic heterocycles. The molecule has 316 valence electrons. The second-order valence-electron chi connectivity index (χ2n) is 15.5. The predicted octanol–water partition coefficient (Wildman–Crippen LogP) is 8.50. The normalized spacial score (nSPS) is 21.8. The van der Waals surface area contributed by atoms with Crippen molar-refractivity contribution in [2.75, 3.05) is 32.2 Å². The van der Waals surface area contributed by atoms with E-state index in [9.17, 15) is 19.1 Å². The van der Waals surface area contributed by atoms with Crippen LogP contribution in [-0.2, 0) is 43.9 Å². The van der Waals surface area contributed by atoms with Gasteiger partial charge in [0.2, 0.25) is 0 Å². The molecule has 0 saturated carbocycles. The minimum Gasteiger partial charge on any atom is -0.382 e. The average Bonchev–Trinajstić information content (AvgIpc) is 3.85. The summed E-state index contributed by atoms with van der Waals surface area (Å²) in [5.74, 6) is -1.20. The van der Waals surface area contributed by atoms with E-state index in [-0.39, 0.29) is 32.0 Å². The molecule has 0 bridgehead atoms. The summed E-state index contributed by atoms with van der Waals surface area (Å²) in [6.45, 7) is 5.60. The first-order valence-corrected chi connectivity index (χ1v) is 22.1. The number of benzene rings is 1. The molecule has 4 heterocycles. The average molecular weight is 818 g/mol. The molecule has 1 unspecified atom stereocenters. The van der Waals surface area contributed by atoms with Gasteiger partial charge in [-0.3, -0.25) is 9.05 Å². The molecule has 5 rings (SSSR count). The third-order valence-corrected chi connectivity index (χ3v) is 11.2. The summed E-state index contributed by atoms with van der Waals surface area (Å²) in [7, 11) is -4.64. The molecule has 2 aliphatic rings. The fraction of sp³-hybridized carbons (Fsp3) is 0.683. The van der Waals surface area contributed by atoms with Crippen LogP contribution in [0.2, 0.25) is 0 Å². The minimum atomic E-state index is -4.64. The maximum Gasteiger partial charge on any atom is 0.472 e. The fourth-order valence-corrected chi connectivity index (χ4v) is 8.16. The summed E-state index contributed by atoms with van der Waals surface area (Å²) in [5, 5.41) is 13.6. The molecule has 57 heavy (non-hydrogen) atoms. The van der Waals surface area contributed by atoms with Gasteiger partial charge in [0, 0.05) is 6.61 Å². The van der Waals surface area contributed by atoms with Crippen LogP contribution in [-0.4, -0.2) is 76.1 Å². The van der Waals surface area contributed by atoms with Gasteiger partial charge < -0.3 is 34.3 Å². The number of unbranched alkanes of at least 4 members (excludes halogenated alkanes) is 13. The molecule has 0 spiro atoms. The lowest BCUT2D eigenvalue weighted by molar-refractivity contribution is -0.191. The zero-order valence-electron chi connectivity index (χ0n) is 33.7. The summed E-state index contributed by atoms with van der Waals surface area (Å²) in [6.07, 6.45) is 15.5. The Morgan fingerprint density at radius 1 is 0.965 bits per heavy atom. The van der Waals surface area contributed by atoms with Crippen LogP contribution in [0.1, 0.15) is 134 Å². The van der Waals surface area contributed by atoms with E-state index in [0.29, 0.717) is 29.2 Å². The Morgan fingerprint density at radius 3 is 2.32 bits per heavy atom. The fourth-order valence-electron chi connectivity index (χ4n) is 7.40. The van der Waals surface area contributed by atoms with Gasteiger partial charge in [-0.05, 0) is 56.2 Å². The van der Waals surface area contributed by atoms with Crippen LogP contribution < -0.4 is 5.73 Å². The van der Waals surface area contributed by atoms with Crippen molar-refractivity contribution >= 4 is 19.2 Å². The predicted molar refractivity (Wildman–Crippen MR) is 211 cm³/mol. The van der Waals surface area contributed by atoms with Gasteiger partial charge in [-0.2, -0.15) is 10.4 Å². The number of fused-ring (bicyclic) bond motifs is 2. The molecule has 2 fully saturated rings. The zero-order chi connectivity index (χ0) is 40.7. The van der Waals surface area contributed by atoms with Crippen LogP contribution in [0.5, 0.6) is 0 Å². The summed E-state index contributed by atoms with van der Waals surface area (Å²) in [5.41, 5.74) is 7.87. The van der Waals surface area contributed by atoms with Gasteiger partial charge in [0.25, 0.3) is 0 Å². The number of aromatic nitrogens is 3. The molecule has 2 aliphatic heterocycles. The second-order valence-corrected chi connectivity index (χ2v) is 16.9. The molecule has 3 N–H and O–H groups in total. The van der Waals surface area contributed by atoms with Gasteiger partial charge >= 0.3 is 7.82 Å². The first-order valence-electron chi connectivity index (χ1n) is 20.6. The number of nitriles is 1. The number of anilines is 1. The van der Waals surface area contributed by atoms with Crippen molar-refractivity contribution in [3.8, 4) is 6.07 Å². The van der Waals surface area contributed by atoms with Crippen molar-refractivity contribution in [1.82, 2.24) is 14.6 Å². The maximum absolute atomic E-state index is 14.1. The van der Waals surface area contributed by atoms with Gasteiger partial charge in [-0.1, -0.05) is 90.4 Å². The second kappa shape index (κ2) is 22.4. The molecule has 6 atom stereocenters. The Kier molecular flexibility index (Phi) is 17.7.